The minimum absolute atomic E-state index is 0.118. The van der Waals surface area contributed by atoms with Crippen molar-refractivity contribution in [2.24, 2.45) is 5.92 Å². The molecule has 1 saturated heterocycles. The molecule has 1 aromatic rings. The molecule has 2 aliphatic heterocycles. The quantitative estimate of drug-likeness (QED) is 0.603. The Morgan fingerprint density at radius 1 is 1.38 bits per heavy atom. The van der Waals surface area contributed by atoms with E-state index < -0.39 is 29.8 Å². The van der Waals surface area contributed by atoms with Crippen LogP contribution in [0.15, 0.2) is 36.4 Å². The van der Waals surface area contributed by atoms with E-state index >= 15 is 0 Å². The van der Waals surface area contributed by atoms with E-state index in [4.69, 9.17) is 4.74 Å². The molecule has 26 heavy (non-hydrogen) atoms. The molecular formula is C19H21F4NO2. The maximum absolute atomic E-state index is 14.8. The van der Waals surface area contributed by atoms with Gasteiger partial charge < -0.3 is 15.2 Å². The van der Waals surface area contributed by atoms with Crippen molar-refractivity contribution in [3.63, 3.8) is 0 Å². The number of fused-ring (bicyclic) bond motifs is 3. The summed E-state index contributed by atoms with van der Waals surface area (Å²) in [5, 5.41) is 12.5. The van der Waals surface area contributed by atoms with Crippen LogP contribution in [-0.2, 0) is 10.9 Å². The summed E-state index contributed by atoms with van der Waals surface area (Å²) < 4.78 is 60.0. The maximum atomic E-state index is 14.8. The van der Waals surface area contributed by atoms with E-state index in [-0.39, 0.29) is 29.8 Å². The Kier molecular flexibility index (Phi) is 5.12. The van der Waals surface area contributed by atoms with Gasteiger partial charge in [-0.2, -0.15) is 13.2 Å². The molecule has 0 aromatic heterocycles. The molecule has 0 saturated carbocycles. The van der Waals surface area contributed by atoms with Crippen molar-refractivity contribution in [2.75, 3.05) is 11.9 Å². The number of benzene rings is 1. The summed E-state index contributed by atoms with van der Waals surface area (Å²) in [6.07, 6.45) is -1.40. The van der Waals surface area contributed by atoms with Crippen LogP contribution in [0.3, 0.4) is 0 Å². The summed E-state index contributed by atoms with van der Waals surface area (Å²) in [5.41, 5.74) is -0.407. The predicted molar refractivity (Wildman–Crippen MR) is 90.2 cm³/mol. The number of nitrogens with one attached hydrogen (secondary N) is 1. The molecule has 142 valence electrons. The standard InChI is InChI=1S/C19H21F4NO2/c1-3-4-10(2)17-12-6-5-11(9-25)26-18(12)15-14(24-17)8-7-13(16(15)20)19(21,22)23/h3-4,7-8,11-12,17-18,24-25H,2,5-6,9H2,1H3/b4-3-/t11?,12-,17?,18-/m0/s1. The lowest BCUT2D eigenvalue weighted by Crippen LogP contribution is -2.45. The van der Waals surface area contributed by atoms with Gasteiger partial charge in [0.15, 0.2) is 0 Å². The number of anilines is 1. The first-order chi connectivity index (χ1) is 12.3. The first-order valence-electron chi connectivity index (χ1n) is 8.51. The number of rotatable bonds is 3. The third-order valence-electron chi connectivity index (χ3n) is 5.04. The van der Waals surface area contributed by atoms with Crippen LogP contribution >= 0.6 is 0 Å². The van der Waals surface area contributed by atoms with Crippen molar-refractivity contribution in [1.29, 1.82) is 0 Å². The van der Waals surface area contributed by atoms with Gasteiger partial charge >= 0.3 is 6.18 Å². The highest BCUT2D eigenvalue weighted by Gasteiger charge is 2.46. The fourth-order valence-corrected chi connectivity index (χ4v) is 3.84. The second-order valence-corrected chi connectivity index (χ2v) is 6.69. The van der Waals surface area contributed by atoms with E-state index in [1.165, 1.54) is 6.07 Å². The minimum Gasteiger partial charge on any atom is -0.394 e. The van der Waals surface area contributed by atoms with Crippen molar-refractivity contribution in [1.82, 2.24) is 0 Å². The number of aliphatic hydroxyl groups is 1. The van der Waals surface area contributed by atoms with E-state index in [9.17, 15) is 22.7 Å². The number of halogens is 4. The zero-order chi connectivity index (χ0) is 19.1. The molecule has 2 aliphatic rings. The maximum Gasteiger partial charge on any atom is 0.419 e. The average molecular weight is 371 g/mol. The van der Waals surface area contributed by atoms with E-state index in [1.54, 1.807) is 0 Å². The number of allylic oxidation sites excluding steroid dienone is 1. The van der Waals surface area contributed by atoms with Gasteiger partial charge in [0.05, 0.1) is 30.4 Å². The molecule has 0 aliphatic carbocycles. The van der Waals surface area contributed by atoms with E-state index in [2.05, 4.69) is 11.9 Å². The Bertz CT molecular complexity index is 729. The minimum atomic E-state index is -4.79. The Balaban J connectivity index is 2.10. The lowest BCUT2D eigenvalue weighted by molar-refractivity contribution is -0.141. The first-order valence-corrected chi connectivity index (χ1v) is 8.51. The zero-order valence-corrected chi connectivity index (χ0v) is 14.3. The summed E-state index contributed by atoms with van der Waals surface area (Å²) in [5.74, 6) is -1.59. The summed E-state index contributed by atoms with van der Waals surface area (Å²) in [6, 6.07) is 1.70. The van der Waals surface area contributed by atoms with Crippen LogP contribution in [0.25, 0.3) is 0 Å². The van der Waals surface area contributed by atoms with E-state index in [0.29, 0.717) is 12.8 Å². The zero-order valence-electron chi connectivity index (χ0n) is 14.3. The van der Waals surface area contributed by atoms with Crippen molar-refractivity contribution in [3.8, 4) is 0 Å². The summed E-state index contributed by atoms with van der Waals surface area (Å²) >= 11 is 0. The highest BCUT2D eigenvalue weighted by atomic mass is 19.4. The third-order valence-corrected chi connectivity index (χ3v) is 5.04. The molecule has 2 N–H and O–H groups in total. The number of hydrogen-bond acceptors (Lipinski definition) is 3. The van der Waals surface area contributed by atoms with Gasteiger partial charge in [-0.05, 0) is 37.5 Å². The Morgan fingerprint density at radius 3 is 2.73 bits per heavy atom. The predicted octanol–water partition coefficient (Wildman–Crippen LogP) is 4.60. The van der Waals surface area contributed by atoms with Gasteiger partial charge in [0.2, 0.25) is 0 Å². The molecule has 3 nitrogen and oxygen atoms in total. The van der Waals surface area contributed by atoms with E-state index in [1.807, 2.05) is 19.1 Å². The van der Waals surface area contributed by atoms with Crippen LogP contribution in [0, 0.1) is 11.7 Å². The molecule has 0 bridgehead atoms. The Morgan fingerprint density at radius 2 is 2.12 bits per heavy atom. The number of aliphatic hydroxyl groups excluding tert-OH is 1. The molecule has 1 fully saturated rings. The average Bonchev–Trinajstić information content (AvgIpc) is 2.59. The van der Waals surface area contributed by atoms with Crippen LogP contribution in [-0.4, -0.2) is 23.9 Å². The SMILES string of the molecule is C=C(/C=C\C)C1Nc2ccc(C(F)(F)F)c(F)c2[C@H]2OC(CO)CC[C@@H]12. The Labute approximate surface area is 149 Å². The molecule has 4 atom stereocenters. The van der Waals surface area contributed by atoms with Gasteiger partial charge in [-0.15, -0.1) is 0 Å². The van der Waals surface area contributed by atoms with Gasteiger partial charge in [-0.1, -0.05) is 18.7 Å². The van der Waals surface area contributed by atoms with Crippen LogP contribution < -0.4 is 5.32 Å². The fourth-order valence-electron chi connectivity index (χ4n) is 3.84. The van der Waals surface area contributed by atoms with E-state index in [0.717, 1.165) is 11.6 Å². The number of alkyl halides is 3. The molecule has 0 spiro atoms. The van der Waals surface area contributed by atoms with Crippen LogP contribution in [0.2, 0.25) is 0 Å². The second kappa shape index (κ2) is 7.04. The van der Waals surface area contributed by atoms with Crippen LogP contribution in [0.1, 0.15) is 37.0 Å². The largest absolute Gasteiger partial charge is 0.419 e. The highest BCUT2D eigenvalue weighted by Crippen LogP contribution is 2.49. The van der Waals surface area contributed by atoms with Crippen molar-refractivity contribution < 1.29 is 27.4 Å². The normalized spacial score (nSPS) is 28.4. The summed E-state index contributed by atoms with van der Waals surface area (Å²) in [7, 11) is 0. The molecular weight excluding hydrogens is 350 g/mol. The van der Waals surface area contributed by atoms with Crippen molar-refractivity contribution in [3.05, 3.63) is 53.4 Å². The van der Waals surface area contributed by atoms with Gasteiger partial charge in [-0.25, -0.2) is 4.39 Å². The van der Waals surface area contributed by atoms with Gasteiger partial charge in [0, 0.05) is 17.2 Å². The third kappa shape index (κ3) is 3.25. The van der Waals surface area contributed by atoms with Crippen molar-refractivity contribution >= 4 is 5.69 Å². The topological polar surface area (TPSA) is 41.5 Å². The molecule has 3 rings (SSSR count). The van der Waals surface area contributed by atoms with Gasteiger partial charge in [-0.3, -0.25) is 0 Å². The smallest absolute Gasteiger partial charge is 0.394 e. The van der Waals surface area contributed by atoms with Crippen LogP contribution in [0.5, 0.6) is 0 Å². The molecule has 0 amide bonds. The molecule has 0 radical (unpaired) electrons. The molecule has 2 heterocycles. The number of ether oxygens (including phenoxy) is 1. The highest BCUT2D eigenvalue weighted by molar-refractivity contribution is 5.60. The van der Waals surface area contributed by atoms with Crippen molar-refractivity contribution in [2.45, 2.75) is 44.2 Å². The summed E-state index contributed by atoms with van der Waals surface area (Å²) in [6.45, 7) is 5.61. The Hall–Kier alpha value is -1.86. The summed E-state index contributed by atoms with van der Waals surface area (Å²) in [4.78, 5) is 0. The molecule has 1 aromatic carbocycles. The van der Waals surface area contributed by atoms with Gasteiger partial charge in [0.25, 0.3) is 0 Å². The van der Waals surface area contributed by atoms with Crippen LogP contribution in [0.4, 0.5) is 23.2 Å². The molecule has 7 heteroatoms. The monoisotopic (exact) mass is 371 g/mol. The first kappa shape index (κ1) is 18.9. The lowest BCUT2D eigenvalue weighted by Gasteiger charge is -2.45. The number of hydrogen-bond donors (Lipinski definition) is 2. The fraction of sp³-hybridized carbons (Fsp3) is 0.474. The molecule has 2 unspecified atom stereocenters. The van der Waals surface area contributed by atoms with Gasteiger partial charge in [0.1, 0.15) is 5.82 Å². The second-order valence-electron chi connectivity index (χ2n) is 6.69. The lowest BCUT2D eigenvalue weighted by atomic mass is 9.76.